The largest absolute Gasteiger partial charge is 0.465 e. The molecule has 21 heavy (non-hydrogen) atoms. The Morgan fingerprint density at radius 2 is 2.05 bits per heavy atom. The minimum absolute atomic E-state index is 0.104. The lowest BCUT2D eigenvalue weighted by atomic mass is 10.1. The molecule has 0 heterocycles. The summed E-state index contributed by atoms with van der Waals surface area (Å²) >= 11 is 3.07. The normalized spacial score (nSPS) is 10.6. The van der Waals surface area contributed by atoms with Gasteiger partial charge < -0.3 is 9.64 Å². The molecule has 6 heteroatoms. The van der Waals surface area contributed by atoms with Crippen molar-refractivity contribution in [1.29, 1.82) is 0 Å². The Morgan fingerprint density at radius 3 is 2.62 bits per heavy atom. The van der Waals surface area contributed by atoms with Gasteiger partial charge in [-0.25, -0.2) is 4.39 Å². The van der Waals surface area contributed by atoms with E-state index < -0.39 is 17.7 Å². The summed E-state index contributed by atoms with van der Waals surface area (Å²) in [5.41, 5.74) is 0.194. The monoisotopic (exact) mass is 359 g/mol. The highest BCUT2D eigenvalue weighted by molar-refractivity contribution is 9.10. The lowest BCUT2D eigenvalue weighted by Gasteiger charge is -2.24. The summed E-state index contributed by atoms with van der Waals surface area (Å²) in [5.74, 6) is -1.21. The highest BCUT2D eigenvalue weighted by Gasteiger charge is 2.23. The highest BCUT2D eigenvalue weighted by Crippen LogP contribution is 2.22. The first kappa shape index (κ1) is 17.6. The first-order chi connectivity index (χ1) is 9.86. The molecule has 1 aromatic rings. The van der Waals surface area contributed by atoms with Gasteiger partial charge in [0.25, 0.3) is 5.91 Å². The van der Waals surface area contributed by atoms with Crippen LogP contribution in [0.1, 0.15) is 31.1 Å². The van der Waals surface area contributed by atoms with E-state index in [1.54, 1.807) is 6.92 Å². The van der Waals surface area contributed by atoms with Gasteiger partial charge in [-0.15, -0.1) is 0 Å². The summed E-state index contributed by atoms with van der Waals surface area (Å²) in [6.45, 7) is 6.08. The van der Waals surface area contributed by atoms with Crippen molar-refractivity contribution in [2.24, 2.45) is 5.92 Å². The van der Waals surface area contributed by atoms with E-state index in [0.29, 0.717) is 6.54 Å². The maximum Gasteiger partial charge on any atom is 0.325 e. The molecule has 4 nitrogen and oxygen atoms in total. The van der Waals surface area contributed by atoms with Gasteiger partial charge >= 0.3 is 5.97 Å². The number of carbonyl (C=O) groups is 2. The van der Waals surface area contributed by atoms with Crippen LogP contribution >= 0.6 is 15.9 Å². The van der Waals surface area contributed by atoms with E-state index in [9.17, 15) is 14.0 Å². The Morgan fingerprint density at radius 1 is 1.38 bits per heavy atom. The smallest absolute Gasteiger partial charge is 0.325 e. The molecular formula is C15H19BrFNO3. The highest BCUT2D eigenvalue weighted by atomic mass is 79.9. The van der Waals surface area contributed by atoms with Gasteiger partial charge in [0, 0.05) is 6.54 Å². The van der Waals surface area contributed by atoms with Crippen molar-refractivity contribution in [3.63, 3.8) is 0 Å². The van der Waals surface area contributed by atoms with Crippen LogP contribution in [0.5, 0.6) is 0 Å². The Hall–Kier alpha value is -1.43. The standard InChI is InChI=1S/C15H19BrFNO3/c1-4-21-13(19)9-18(8-10(2)3)15(20)11-6-5-7-12(17)14(11)16/h5-7,10H,4,8-9H2,1-3H3. The fraction of sp³-hybridized carbons (Fsp3) is 0.467. The summed E-state index contributed by atoms with van der Waals surface area (Å²) in [4.78, 5) is 25.5. The molecule has 0 aliphatic rings. The van der Waals surface area contributed by atoms with Crippen LogP contribution < -0.4 is 0 Å². The van der Waals surface area contributed by atoms with E-state index in [-0.39, 0.29) is 29.1 Å². The molecule has 116 valence electrons. The number of hydrogen-bond donors (Lipinski definition) is 0. The van der Waals surface area contributed by atoms with Gasteiger partial charge in [-0.1, -0.05) is 19.9 Å². The maximum atomic E-state index is 13.5. The zero-order chi connectivity index (χ0) is 16.0. The van der Waals surface area contributed by atoms with Crippen LogP contribution in [-0.2, 0) is 9.53 Å². The molecule has 0 radical (unpaired) electrons. The molecular weight excluding hydrogens is 341 g/mol. The predicted molar refractivity (Wildman–Crippen MR) is 81.5 cm³/mol. The molecule has 1 amide bonds. The molecule has 1 aromatic carbocycles. The molecule has 0 aliphatic carbocycles. The van der Waals surface area contributed by atoms with Crippen LogP contribution in [0.3, 0.4) is 0 Å². The topological polar surface area (TPSA) is 46.6 Å². The van der Waals surface area contributed by atoms with Gasteiger partial charge in [-0.2, -0.15) is 0 Å². The van der Waals surface area contributed by atoms with Crippen LogP contribution in [0.4, 0.5) is 4.39 Å². The van der Waals surface area contributed by atoms with E-state index >= 15 is 0 Å². The molecule has 0 aromatic heterocycles. The van der Waals surface area contributed by atoms with Crippen molar-refractivity contribution in [1.82, 2.24) is 4.90 Å². The SMILES string of the molecule is CCOC(=O)CN(CC(C)C)C(=O)c1cccc(F)c1Br. The van der Waals surface area contributed by atoms with Crippen LogP contribution in [-0.4, -0.2) is 36.5 Å². The molecule has 1 rings (SSSR count). The van der Waals surface area contributed by atoms with E-state index in [4.69, 9.17) is 4.74 Å². The van der Waals surface area contributed by atoms with E-state index in [1.165, 1.54) is 23.1 Å². The fourth-order valence-corrected chi connectivity index (χ4v) is 2.30. The van der Waals surface area contributed by atoms with Crippen molar-refractivity contribution >= 4 is 27.8 Å². The summed E-state index contributed by atoms with van der Waals surface area (Å²) in [6, 6.07) is 4.25. The average Bonchev–Trinajstić information content (AvgIpc) is 2.40. The van der Waals surface area contributed by atoms with E-state index in [2.05, 4.69) is 15.9 Å². The van der Waals surface area contributed by atoms with Crippen LogP contribution in [0.15, 0.2) is 22.7 Å². The Balaban J connectivity index is 2.99. The first-order valence-corrected chi connectivity index (χ1v) is 7.55. The molecule has 0 unspecified atom stereocenters. The number of ether oxygens (including phenoxy) is 1. The lowest BCUT2D eigenvalue weighted by molar-refractivity contribution is -0.143. The Kier molecular flexibility index (Phi) is 6.81. The second-order valence-corrected chi connectivity index (χ2v) is 5.78. The average molecular weight is 360 g/mol. The van der Waals surface area contributed by atoms with Crippen molar-refractivity contribution in [2.75, 3.05) is 19.7 Å². The first-order valence-electron chi connectivity index (χ1n) is 6.75. The van der Waals surface area contributed by atoms with E-state index in [1.807, 2.05) is 13.8 Å². The zero-order valence-corrected chi connectivity index (χ0v) is 13.9. The second-order valence-electron chi connectivity index (χ2n) is 4.99. The molecule has 0 atom stereocenters. The lowest BCUT2D eigenvalue weighted by Crippen LogP contribution is -2.39. The number of amides is 1. The quantitative estimate of drug-likeness (QED) is 0.732. The summed E-state index contributed by atoms with van der Waals surface area (Å²) < 4.78 is 18.5. The van der Waals surface area contributed by atoms with Crippen molar-refractivity contribution in [3.8, 4) is 0 Å². The van der Waals surface area contributed by atoms with Crippen molar-refractivity contribution in [3.05, 3.63) is 34.1 Å². The maximum absolute atomic E-state index is 13.5. The summed E-state index contributed by atoms with van der Waals surface area (Å²) in [6.07, 6.45) is 0. The molecule has 0 bridgehead atoms. The van der Waals surface area contributed by atoms with Gasteiger partial charge in [0.2, 0.25) is 0 Å². The predicted octanol–water partition coefficient (Wildman–Crippen LogP) is 3.25. The number of nitrogens with zero attached hydrogens (tertiary/aromatic N) is 1. The van der Waals surface area contributed by atoms with Crippen LogP contribution in [0.2, 0.25) is 0 Å². The van der Waals surface area contributed by atoms with Crippen molar-refractivity contribution < 1.29 is 18.7 Å². The third kappa shape index (κ3) is 5.12. The van der Waals surface area contributed by atoms with Crippen molar-refractivity contribution in [2.45, 2.75) is 20.8 Å². The number of hydrogen-bond acceptors (Lipinski definition) is 3. The minimum atomic E-state index is -0.513. The molecule has 0 spiro atoms. The summed E-state index contributed by atoms with van der Waals surface area (Å²) in [7, 11) is 0. The Bertz CT molecular complexity index is 520. The van der Waals surface area contributed by atoms with Gasteiger partial charge in [-0.3, -0.25) is 9.59 Å². The molecule has 0 N–H and O–H groups in total. The van der Waals surface area contributed by atoms with Crippen LogP contribution in [0.25, 0.3) is 0 Å². The molecule has 0 saturated carbocycles. The molecule has 0 fully saturated rings. The second kappa shape index (κ2) is 8.12. The third-order valence-corrected chi connectivity index (χ3v) is 3.49. The fourth-order valence-electron chi connectivity index (χ4n) is 1.86. The number of esters is 1. The number of rotatable bonds is 6. The molecule has 0 saturated heterocycles. The minimum Gasteiger partial charge on any atom is -0.465 e. The van der Waals surface area contributed by atoms with Crippen LogP contribution in [0, 0.1) is 11.7 Å². The van der Waals surface area contributed by atoms with Gasteiger partial charge in [0.1, 0.15) is 12.4 Å². The third-order valence-electron chi connectivity index (χ3n) is 2.68. The Labute approximate surface area is 132 Å². The molecule has 0 aliphatic heterocycles. The van der Waals surface area contributed by atoms with Gasteiger partial charge in [0.15, 0.2) is 0 Å². The number of carbonyl (C=O) groups excluding carboxylic acids is 2. The summed E-state index contributed by atoms with van der Waals surface area (Å²) in [5, 5.41) is 0. The van der Waals surface area contributed by atoms with Gasteiger partial charge in [0.05, 0.1) is 16.6 Å². The van der Waals surface area contributed by atoms with Gasteiger partial charge in [-0.05, 0) is 40.9 Å². The number of halogens is 2. The number of benzene rings is 1. The van der Waals surface area contributed by atoms with E-state index in [0.717, 1.165) is 0 Å². The zero-order valence-electron chi connectivity index (χ0n) is 12.4.